The summed E-state index contributed by atoms with van der Waals surface area (Å²) in [6, 6.07) is 1.38. The standard InChI is InChI=1S/C9H7F4NO3/c10-6-3(7(15)8(16)17)1-2-4(14)5(6)9(11,12)13/h1-2,7,15H,14H2,(H,16,17). The maximum atomic E-state index is 13.4. The highest BCUT2D eigenvalue weighted by atomic mass is 19.4. The number of rotatable bonds is 2. The van der Waals surface area contributed by atoms with Gasteiger partial charge in [-0.25, -0.2) is 9.18 Å². The van der Waals surface area contributed by atoms with Gasteiger partial charge in [0.2, 0.25) is 0 Å². The molecule has 0 saturated carbocycles. The number of carboxylic acid groups (broad SMARTS) is 1. The largest absolute Gasteiger partial charge is 0.479 e. The lowest BCUT2D eigenvalue weighted by Gasteiger charge is -2.15. The number of benzene rings is 1. The minimum atomic E-state index is -5.07. The molecule has 0 aliphatic carbocycles. The summed E-state index contributed by atoms with van der Waals surface area (Å²) in [5, 5.41) is 17.4. The van der Waals surface area contributed by atoms with E-state index in [2.05, 4.69) is 0 Å². The summed E-state index contributed by atoms with van der Waals surface area (Å²) < 4.78 is 50.6. The molecule has 0 aliphatic rings. The molecule has 4 N–H and O–H groups in total. The van der Waals surface area contributed by atoms with Gasteiger partial charge in [-0.1, -0.05) is 6.07 Å². The van der Waals surface area contributed by atoms with Crippen molar-refractivity contribution in [3.63, 3.8) is 0 Å². The number of alkyl halides is 3. The van der Waals surface area contributed by atoms with E-state index in [1.54, 1.807) is 0 Å². The lowest BCUT2D eigenvalue weighted by molar-refractivity contribution is -0.148. The van der Waals surface area contributed by atoms with E-state index in [1.165, 1.54) is 0 Å². The molecule has 0 heterocycles. The summed E-state index contributed by atoms with van der Waals surface area (Å²) in [5.74, 6) is -3.74. The average Bonchev–Trinajstić information content (AvgIpc) is 2.14. The van der Waals surface area contributed by atoms with Gasteiger partial charge in [0.15, 0.2) is 6.10 Å². The lowest BCUT2D eigenvalue weighted by atomic mass is 10.0. The minimum Gasteiger partial charge on any atom is -0.479 e. The van der Waals surface area contributed by atoms with Gasteiger partial charge in [-0.2, -0.15) is 13.2 Å². The number of nitrogens with two attached hydrogens (primary N) is 1. The first kappa shape index (κ1) is 13.2. The van der Waals surface area contributed by atoms with Crippen LogP contribution in [-0.4, -0.2) is 16.2 Å². The Bertz CT molecular complexity index is 458. The topological polar surface area (TPSA) is 83.5 Å². The highest BCUT2D eigenvalue weighted by Gasteiger charge is 2.38. The molecule has 0 amide bonds. The Morgan fingerprint density at radius 3 is 2.29 bits per heavy atom. The Morgan fingerprint density at radius 1 is 1.35 bits per heavy atom. The molecule has 4 nitrogen and oxygen atoms in total. The summed E-state index contributed by atoms with van der Waals surface area (Å²) >= 11 is 0. The van der Waals surface area contributed by atoms with Crippen LogP contribution < -0.4 is 5.73 Å². The highest BCUT2D eigenvalue weighted by molar-refractivity contribution is 5.74. The van der Waals surface area contributed by atoms with Crippen molar-refractivity contribution in [3.8, 4) is 0 Å². The van der Waals surface area contributed by atoms with Gasteiger partial charge in [0, 0.05) is 11.3 Å². The first-order chi connectivity index (χ1) is 7.66. The zero-order chi connectivity index (χ0) is 13.4. The normalized spacial score (nSPS) is 13.5. The highest BCUT2D eigenvalue weighted by Crippen LogP contribution is 2.37. The number of carbonyl (C=O) groups is 1. The van der Waals surface area contributed by atoms with Crippen LogP contribution in [0.25, 0.3) is 0 Å². The maximum Gasteiger partial charge on any atom is 0.421 e. The van der Waals surface area contributed by atoms with Crippen LogP contribution in [0.4, 0.5) is 23.2 Å². The zero-order valence-corrected chi connectivity index (χ0v) is 8.12. The van der Waals surface area contributed by atoms with E-state index >= 15 is 0 Å². The molecule has 0 spiro atoms. The Kier molecular flexibility index (Phi) is 3.28. The summed E-state index contributed by atoms with van der Waals surface area (Å²) in [4.78, 5) is 10.4. The first-order valence-electron chi connectivity index (χ1n) is 4.22. The van der Waals surface area contributed by atoms with E-state index in [-0.39, 0.29) is 0 Å². The van der Waals surface area contributed by atoms with Crippen LogP contribution in [-0.2, 0) is 11.0 Å². The summed E-state index contributed by atoms with van der Waals surface area (Å²) in [5.41, 5.74) is 1.32. The van der Waals surface area contributed by atoms with E-state index in [0.717, 1.165) is 0 Å². The maximum absolute atomic E-state index is 13.4. The van der Waals surface area contributed by atoms with Gasteiger partial charge in [-0.15, -0.1) is 0 Å². The molecule has 0 aliphatic heterocycles. The fraction of sp³-hybridized carbons (Fsp3) is 0.222. The number of aliphatic hydroxyl groups excluding tert-OH is 1. The molecule has 1 unspecified atom stereocenters. The molecule has 0 fully saturated rings. The zero-order valence-electron chi connectivity index (χ0n) is 8.12. The van der Waals surface area contributed by atoms with Crippen LogP contribution in [0, 0.1) is 5.82 Å². The number of halogens is 4. The number of hydrogen-bond acceptors (Lipinski definition) is 3. The molecular formula is C9H7F4NO3. The lowest BCUT2D eigenvalue weighted by Crippen LogP contribution is -2.18. The number of anilines is 1. The molecule has 0 aromatic heterocycles. The van der Waals surface area contributed by atoms with Crippen LogP contribution in [0.1, 0.15) is 17.2 Å². The van der Waals surface area contributed by atoms with Gasteiger partial charge in [0.1, 0.15) is 11.4 Å². The van der Waals surface area contributed by atoms with Crippen molar-refractivity contribution in [2.24, 2.45) is 0 Å². The first-order valence-corrected chi connectivity index (χ1v) is 4.22. The number of carboxylic acids is 1. The summed E-state index contributed by atoms with van der Waals surface area (Å²) in [7, 11) is 0. The van der Waals surface area contributed by atoms with Crippen LogP contribution in [0.15, 0.2) is 12.1 Å². The molecule has 1 atom stereocenters. The summed E-state index contributed by atoms with van der Waals surface area (Å²) in [6.07, 6.45) is -7.45. The quantitative estimate of drug-likeness (QED) is 0.551. The Morgan fingerprint density at radius 2 is 1.88 bits per heavy atom. The van der Waals surface area contributed by atoms with Crippen molar-refractivity contribution >= 4 is 11.7 Å². The second-order valence-electron chi connectivity index (χ2n) is 3.17. The van der Waals surface area contributed by atoms with E-state index in [9.17, 15) is 22.4 Å². The molecule has 17 heavy (non-hydrogen) atoms. The van der Waals surface area contributed by atoms with Gasteiger partial charge in [-0.05, 0) is 6.07 Å². The molecule has 1 rings (SSSR count). The fourth-order valence-electron chi connectivity index (χ4n) is 1.24. The molecule has 94 valence electrons. The van der Waals surface area contributed by atoms with Gasteiger partial charge >= 0.3 is 12.1 Å². The molecule has 1 aromatic rings. The van der Waals surface area contributed by atoms with Crippen LogP contribution in [0.2, 0.25) is 0 Å². The van der Waals surface area contributed by atoms with Crippen molar-refractivity contribution in [1.82, 2.24) is 0 Å². The number of aliphatic carboxylic acids is 1. The smallest absolute Gasteiger partial charge is 0.421 e. The van der Waals surface area contributed by atoms with Crippen molar-refractivity contribution in [2.45, 2.75) is 12.3 Å². The Labute approximate surface area is 92.3 Å². The van der Waals surface area contributed by atoms with Gasteiger partial charge in [-0.3, -0.25) is 0 Å². The van der Waals surface area contributed by atoms with Crippen molar-refractivity contribution in [1.29, 1.82) is 0 Å². The Balaban J connectivity index is 3.44. The van der Waals surface area contributed by atoms with Crippen molar-refractivity contribution in [2.75, 3.05) is 5.73 Å². The average molecular weight is 253 g/mol. The minimum absolute atomic E-state index is 0.688. The fourth-order valence-corrected chi connectivity index (χ4v) is 1.24. The molecule has 0 saturated heterocycles. The summed E-state index contributed by atoms with van der Waals surface area (Å²) in [6.45, 7) is 0. The number of nitrogen functional groups attached to an aromatic ring is 1. The third kappa shape index (κ3) is 2.47. The Hall–Kier alpha value is -1.83. The second kappa shape index (κ2) is 4.21. The van der Waals surface area contributed by atoms with Crippen LogP contribution >= 0.6 is 0 Å². The predicted octanol–water partition coefficient (Wildman–Crippen LogP) is 1.54. The number of hydrogen-bond donors (Lipinski definition) is 3. The van der Waals surface area contributed by atoms with E-state index in [4.69, 9.17) is 15.9 Å². The van der Waals surface area contributed by atoms with E-state index in [1.807, 2.05) is 0 Å². The van der Waals surface area contributed by atoms with Gasteiger partial charge < -0.3 is 15.9 Å². The third-order valence-corrected chi connectivity index (χ3v) is 2.02. The van der Waals surface area contributed by atoms with E-state index in [0.29, 0.717) is 12.1 Å². The molecule has 8 heteroatoms. The van der Waals surface area contributed by atoms with Gasteiger partial charge in [0.05, 0.1) is 0 Å². The van der Waals surface area contributed by atoms with Gasteiger partial charge in [0.25, 0.3) is 0 Å². The third-order valence-electron chi connectivity index (χ3n) is 2.02. The molecule has 0 radical (unpaired) electrons. The molecule has 0 bridgehead atoms. The van der Waals surface area contributed by atoms with Crippen molar-refractivity contribution in [3.05, 3.63) is 29.1 Å². The van der Waals surface area contributed by atoms with Crippen molar-refractivity contribution < 1.29 is 32.6 Å². The van der Waals surface area contributed by atoms with E-state index < -0.39 is 40.9 Å². The SMILES string of the molecule is Nc1ccc(C(O)C(=O)O)c(F)c1C(F)(F)F. The monoisotopic (exact) mass is 253 g/mol. The van der Waals surface area contributed by atoms with Crippen LogP contribution in [0.3, 0.4) is 0 Å². The molecular weight excluding hydrogens is 246 g/mol. The number of aliphatic hydroxyl groups is 1. The molecule has 1 aromatic carbocycles. The van der Waals surface area contributed by atoms with Crippen LogP contribution in [0.5, 0.6) is 0 Å². The predicted molar refractivity (Wildman–Crippen MR) is 48.4 cm³/mol. The second-order valence-corrected chi connectivity index (χ2v) is 3.17.